The third-order valence-electron chi connectivity index (χ3n) is 4.51. The summed E-state index contributed by atoms with van der Waals surface area (Å²) in [5, 5.41) is 3.02. The summed E-state index contributed by atoms with van der Waals surface area (Å²) in [5.41, 5.74) is 1.81. The van der Waals surface area contributed by atoms with Gasteiger partial charge in [0.25, 0.3) is 0 Å². The van der Waals surface area contributed by atoms with Crippen molar-refractivity contribution in [1.82, 2.24) is 4.90 Å². The zero-order valence-corrected chi connectivity index (χ0v) is 14.4. The van der Waals surface area contributed by atoms with Gasteiger partial charge in [0, 0.05) is 18.8 Å². The van der Waals surface area contributed by atoms with Gasteiger partial charge in [-0.15, -0.1) is 0 Å². The SMILES string of the molecule is CO[C@H](C)c1cccc(NC(=O)N(C2CC2)[C@@H](C)c2ccco2)c1. The molecule has 1 aliphatic rings. The second-order valence-electron chi connectivity index (χ2n) is 6.26. The van der Waals surface area contributed by atoms with Crippen LogP contribution in [0.1, 0.15) is 50.2 Å². The van der Waals surface area contributed by atoms with E-state index in [-0.39, 0.29) is 24.2 Å². The van der Waals surface area contributed by atoms with Gasteiger partial charge in [-0.05, 0) is 56.5 Å². The first kappa shape index (κ1) is 16.6. The van der Waals surface area contributed by atoms with Gasteiger partial charge in [0.05, 0.1) is 18.4 Å². The van der Waals surface area contributed by atoms with Gasteiger partial charge in [0.2, 0.25) is 0 Å². The minimum absolute atomic E-state index is 0.0107. The van der Waals surface area contributed by atoms with Crippen LogP contribution in [-0.4, -0.2) is 24.1 Å². The Morgan fingerprint density at radius 1 is 1.29 bits per heavy atom. The van der Waals surface area contributed by atoms with Crippen LogP contribution in [-0.2, 0) is 4.74 Å². The predicted molar refractivity (Wildman–Crippen MR) is 92.9 cm³/mol. The van der Waals surface area contributed by atoms with E-state index in [2.05, 4.69) is 5.32 Å². The maximum Gasteiger partial charge on any atom is 0.322 e. The lowest BCUT2D eigenvalue weighted by Gasteiger charge is -2.28. The van der Waals surface area contributed by atoms with E-state index >= 15 is 0 Å². The minimum atomic E-state index is -0.0939. The molecule has 24 heavy (non-hydrogen) atoms. The molecule has 1 heterocycles. The maximum absolute atomic E-state index is 12.8. The van der Waals surface area contributed by atoms with Crippen LogP contribution in [0.3, 0.4) is 0 Å². The molecule has 5 heteroatoms. The molecular formula is C19H24N2O3. The summed E-state index contributed by atoms with van der Waals surface area (Å²) >= 11 is 0. The molecule has 0 unspecified atom stereocenters. The first-order chi connectivity index (χ1) is 11.6. The number of urea groups is 1. The van der Waals surface area contributed by atoms with E-state index in [9.17, 15) is 4.79 Å². The molecule has 1 aromatic heterocycles. The van der Waals surface area contributed by atoms with Crippen LogP contribution in [0, 0.1) is 0 Å². The van der Waals surface area contributed by atoms with Crippen molar-refractivity contribution in [3.63, 3.8) is 0 Å². The zero-order chi connectivity index (χ0) is 17.1. The second-order valence-corrected chi connectivity index (χ2v) is 6.26. The lowest BCUT2D eigenvalue weighted by atomic mass is 10.1. The summed E-state index contributed by atoms with van der Waals surface area (Å²) in [7, 11) is 1.68. The Bertz CT molecular complexity index is 680. The summed E-state index contributed by atoms with van der Waals surface area (Å²) in [6.07, 6.45) is 3.71. The summed E-state index contributed by atoms with van der Waals surface area (Å²) in [4.78, 5) is 14.7. The smallest absolute Gasteiger partial charge is 0.322 e. The minimum Gasteiger partial charge on any atom is -0.467 e. The van der Waals surface area contributed by atoms with Crippen molar-refractivity contribution in [2.75, 3.05) is 12.4 Å². The van der Waals surface area contributed by atoms with Crippen LogP contribution in [0.4, 0.5) is 10.5 Å². The van der Waals surface area contributed by atoms with Crippen molar-refractivity contribution in [2.24, 2.45) is 0 Å². The molecule has 0 spiro atoms. The highest BCUT2D eigenvalue weighted by Gasteiger charge is 2.37. The predicted octanol–water partition coefficient (Wildman–Crippen LogP) is 4.74. The van der Waals surface area contributed by atoms with Crippen LogP contribution in [0.5, 0.6) is 0 Å². The third-order valence-corrected chi connectivity index (χ3v) is 4.51. The number of rotatable bonds is 6. The monoisotopic (exact) mass is 328 g/mol. The van der Waals surface area contributed by atoms with E-state index in [1.807, 2.05) is 55.1 Å². The van der Waals surface area contributed by atoms with Gasteiger partial charge >= 0.3 is 6.03 Å². The largest absolute Gasteiger partial charge is 0.467 e. The Kier molecular flexibility index (Phi) is 4.90. The number of anilines is 1. The molecule has 1 N–H and O–H groups in total. The van der Waals surface area contributed by atoms with Gasteiger partial charge in [-0.25, -0.2) is 4.79 Å². The highest BCUT2D eigenvalue weighted by molar-refractivity contribution is 5.90. The number of carbonyl (C=O) groups is 1. The molecule has 1 aromatic carbocycles. The second kappa shape index (κ2) is 7.09. The molecule has 1 saturated carbocycles. The lowest BCUT2D eigenvalue weighted by molar-refractivity contribution is 0.119. The molecule has 0 radical (unpaired) electrons. The molecular weight excluding hydrogens is 304 g/mol. The average Bonchev–Trinajstić information content (AvgIpc) is 3.25. The number of hydrogen-bond acceptors (Lipinski definition) is 3. The van der Waals surface area contributed by atoms with Crippen molar-refractivity contribution in [2.45, 2.75) is 44.9 Å². The highest BCUT2D eigenvalue weighted by Crippen LogP contribution is 2.35. The van der Waals surface area contributed by atoms with E-state index in [1.165, 1.54) is 0 Å². The van der Waals surface area contributed by atoms with Crippen LogP contribution >= 0.6 is 0 Å². The van der Waals surface area contributed by atoms with Crippen LogP contribution < -0.4 is 5.32 Å². The number of hydrogen-bond donors (Lipinski definition) is 1. The number of furan rings is 1. The number of nitrogens with one attached hydrogen (secondary N) is 1. The number of carbonyl (C=O) groups excluding carboxylic acids is 1. The lowest BCUT2D eigenvalue weighted by Crippen LogP contribution is -2.38. The summed E-state index contributed by atoms with van der Waals surface area (Å²) in [5.74, 6) is 0.804. The van der Waals surface area contributed by atoms with Crippen molar-refractivity contribution < 1.29 is 13.9 Å². The van der Waals surface area contributed by atoms with Crippen molar-refractivity contribution in [3.05, 3.63) is 54.0 Å². The molecule has 3 rings (SSSR count). The zero-order valence-electron chi connectivity index (χ0n) is 14.4. The molecule has 128 valence electrons. The van der Waals surface area contributed by atoms with E-state index in [4.69, 9.17) is 9.15 Å². The average molecular weight is 328 g/mol. The van der Waals surface area contributed by atoms with E-state index in [1.54, 1.807) is 13.4 Å². The number of ether oxygens (including phenoxy) is 1. The molecule has 2 amide bonds. The molecule has 0 bridgehead atoms. The van der Waals surface area contributed by atoms with Crippen LogP contribution in [0.25, 0.3) is 0 Å². The summed E-state index contributed by atoms with van der Waals surface area (Å²) < 4.78 is 10.8. The molecule has 2 aromatic rings. The van der Waals surface area contributed by atoms with E-state index < -0.39 is 0 Å². The number of amides is 2. The van der Waals surface area contributed by atoms with Crippen LogP contribution in [0.15, 0.2) is 47.1 Å². The highest BCUT2D eigenvalue weighted by atomic mass is 16.5. The molecule has 0 saturated heterocycles. The summed E-state index contributed by atoms with van der Waals surface area (Å²) in [6, 6.07) is 11.6. The Balaban J connectivity index is 1.75. The van der Waals surface area contributed by atoms with Gasteiger partial charge in [0.1, 0.15) is 5.76 Å². The fourth-order valence-corrected chi connectivity index (χ4v) is 2.87. The topological polar surface area (TPSA) is 54.7 Å². The Hall–Kier alpha value is -2.27. The van der Waals surface area contributed by atoms with Gasteiger partial charge < -0.3 is 19.4 Å². The third kappa shape index (κ3) is 3.62. The standard InChI is InChI=1S/C19H24N2O3/c1-13(18-8-5-11-24-18)21(17-9-10-17)19(22)20-16-7-4-6-15(12-16)14(2)23-3/h4-8,11-14,17H,9-10H2,1-3H3,(H,20,22)/t13-,14+/m0/s1. The molecule has 5 nitrogen and oxygen atoms in total. The van der Waals surface area contributed by atoms with Gasteiger partial charge in [0.15, 0.2) is 0 Å². The quantitative estimate of drug-likeness (QED) is 0.833. The molecule has 1 fully saturated rings. The van der Waals surface area contributed by atoms with Crippen molar-refractivity contribution in [1.29, 1.82) is 0 Å². The molecule has 2 atom stereocenters. The Morgan fingerprint density at radius 3 is 2.71 bits per heavy atom. The normalized spacial score (nSPS) is 16.5. The molecule has 1 aliphatic carbocycles. The fourth-order valence-electron chi connectivity index (χ4n) is 2.87. The first-order valence-electron chi connectivity index (χ1n) is 8.35. The van der Waals surface area contributed by atoms with Gasteiger partial charge in [-0.2, -0.15) is 0 Å². The maximum atomic E-state index is 12.8. The number of nitrogens with zero attached hydrogens (tertiary/aromatic N) is 1. The number of methoxy groups -OCH3 is 1. The van der Waals surface area contributed by atoms with Crippen molar-refractivity contribution in [3.8, 4) is 0 Å². The first-order valence-corrected chi connectivity index (χ1v) is 8.35. The van der Waals surface area contributed by atoms with Gasteiger partial charge in [-0.3, -0.25) is 0 Å². The number of benzene rings is 1. The van der Waals surface area contributed by atoms with Gasteiger partial charge in [-0.1, -0.05) is 12.1 Å². The van der Waals surface area contributed by atoms with E-state index in [0.29, 0.717) is 0 Å². The fraction of sp³-hybridized carbons (Fsp3) is 0.421. The summed E-state index contributed by atoms with van der Waals surface area (Å²) in [6.45, 7) is 3.98. The Labute approximate surface area is 142 Å². The Morgan fingerprint density at radius 2 is 2.08 bits per heavy atom. The van der Waals surface area contributed by atoms with Crippen LogP contribution in [0.2, 0.25) is 0 Å². The van der Waals surface area contributed by atoms with E-state index in [0.717, 1.165) is 29.9 Å². The molecule has 0 aliphatic heterocycles. The van der Waals surface area contributed by atoms with Crippen molar-refractivity contribution >= 4 is 11.7 Å².